The van der Waals surface area contributed by atoms with Crippen molar-refractivity contribution in [2.75, 3.05) is 13.2 Å². The lowest BCUT2D eigenvalue weighted by atomic mass is 9.95. The van der Waals surface area contributed by atoms with Gasteiger partial charge in [0.2, 0.25) is 11.8 Å². The molecule has 3 heterocycles. The first-order valence-electron chi connectivity index (χ1n) is 8.14. The largest absolute Gasteiger partial charge is 0.492 e. The number of ether oxygens (including phenoxy) is 1. The van der Waals surface area contributed by atoms with Gasteiger partial charge >= 0.3 is 0 Å². The van der Waals surface area contributed by atoms with Crippen LogP contribution in [0.4, 0.5) is 0 Å². The molecule has 0 N–H and O–H groups in total. The summed E-state index contributed by atoms with van der Waals surface area (Å²) < 4.78 is 10.8. The van der Waals surface area contributed by atoms with Gasteiger partial charge in [0.1, 0.15) is 12.4 Å². The van der Waals surface area contributed by atoms with Crippen LogP contribution in [-0.2, 0) is 11.2 Å². The third-order valence-electron chi connectivity index (χ3n) is 4.66. The van der Waals surface area contributed by atoms with Gasteiger partial charge in [-0.25, -0.2) is 0 Å². The normalized spacial score (nSPS) is 23.0. The Morgan fingerprint density at radius 1 is 1.42 bits per heavy atom. The number of hydrogen-bond donors (Lipinski definition) is 0. The highest BCUT2D eigenvalue weighted by Gasteiger charge is 2.38. The standard InChI is InChI=1S/C17H18ClN3O3/c1-10-19-16(20-24-10)14-3-2-6-21(14)17(22)12-7-11-8-13(18)4-5-15(11)23-9-12/h4-5,8,12,14H,2-3,6-7,9H2,1H3/t12-,14-/m1/s1. The van der Waals surface area contributed by atoms with Crippen molar-refractivity contribution in [1.82, 2.24) is 15.0 Å². The van der Waals surface area contributed by atoms with Crippen molar-refractivity contribution in [2.24, 2.45) is 5.92 Å². The van der Waals surface area contributed by atoms with Crippen LogP contribution in [0.2, 0.25) is 5.02 Å². The molecule has 4 rings (SSSR count). The van der Waals surface area contributed by atoms with Crippen molar-refractivity contribution in [3.63, 3.8) is 0 Å². The highest BCUT2D eigenvalue weighted by Crippen LogP contribution is 2.35. The van der Waals surface area contributed by atoms with Crippen molar-refractivity contribution < 1.29 is 14.1 Å². The second-order valence-electron chi connectivity index (χ2n) is 6.33. The van der Waals surface area contributed by atoms with Crippen molar-refractivity contribution >= 4 is 17.5 Å². The molecule has 2 atom stereocenters. The Labute approximate surface area is 144 Å². The molecule has 1 amide bonds. The van der Waals surface area contributed by atoms with Gasteiger partial charge in [0.25, 0.3) is 0 Å². The van der Waals surface area contributed by atoms with Crippen LogP contribution >= 0.6 is 11.6 Å². The molecule has 0 aliphatic carbocycles. The van der Waals surface area contributed by atoms with E-state index in [2.05, 4.69) is 10.1 Å². The Morgan fingerprint density at radius 3 is 3.08 bits per heavy atom. The summed E-state index contributed by atoms with van der Waals surface area (Å²) in [4.78, 5) is 19.2. The van der Waals surface area contributed by atoms with Crippen molar-refractivity contribution in [2.45, 2.75) is 32.2 Å². The van der Waals surface area contributed by atoms with Crippen LogP contribution in [0.25, 0.3) is 0 Å². The second kappa shape index (κ2) is 6.09. The third kappa shape index (κ3) is 2.75. The number of carbonyl (C=O) groups is 1. The topological polar surface area (TPSA) is 68.5 Å². The number of nitrogens with zero attached hydrogens (tertiary/aromatic N) is 3. The minimum Gasteiger partial charge on any atom is -0.492 e. The number of carbonyl (C=O) groups excluding carboxylic acids is 1. The average Bonchev–Trinajstić information content (AvgIpc) is 3.22. The van der Waals surface area contributed by atoms with Gasteiger partial charge in [0, 0.05) is 18.5 Å². The number of amides is 1. The van der Waals surface area contributed by atoms with Gasteiger partial charge in [-0.1, -0.05) is 16.8 Å². The van der Waals surface area contributed by atoms with Gasteiger partial charge in [-0.3, -0.25) is 4.79 Å². The number of rotatable bonds is 2. The smallest absolute Gasteiger partial charge is 0.230 e. The first kappa shape index (κ1) is 15.4. The fraction of sp³-hybridized carbons (Fsp3) is 0.471. The molecule has 126 valence electrons. The van der Waals surface area contributed by atoms with Crippen LogP contribution < -0.4 is 4.74 Å². The highest BCUT2D eigenvalue weighted by molar-refractivity contribution is 6.30. The van der Waals surface area contributed by atoms with Crippen LogP contribution in [0.15, 0.2) is 22.7 Å². The number of hydrogen-bond acceptors (Lipinski definition) is 5. The number of aromatic nitrogens is 2. The molecule has 0 spiro atoms. The van der Waals surface area contributed by atoms with E-state index in [4.69, 9.17) is 20.9 Å². The molecular formula is C17H18ClN3O3. The van der Waals surface area contributed by atoms with Gasteiger partial charge < -0.3 is 14.2 Å². The maximum atomic E-state index is 13.0. The molecule has 24 heavy (non-hydrogen) atoms. The lowest BCUT2D eigenvalue weighted by molar-refractivity contribution is -0.138. The van der Waals surface area contributed by atoms with Crippen molar-refractivity contribution in [3.05, 3.63) is 40.5 Å². The fourth-order valence-electron chi connectivity index (χ4n) is 3.51. The molecule has 2 aliphatic rings. The molecule has 0 bridgehead atoms. The third-order valence-corrected chi connectivity index (χ3v) is 4.89. The zero-order valence-corrected chi connectivity index (χ0v) is 14.1. The molecule has 0 radical (unpaired) electrons. The summed E-state index contributed by atoms with van der Waals surface area (Å²) >= 11 is 6.06. The summed E-state index contributed by atoms with van der Waals surface area (Å²) in [5, 5.41) is 4.65. The summed E-state index contributed by atoms with van der Waals surface area (Å²) in [6.45, 7) is 2.87. The summed E-state index contributed by atoms with van der Waals surface area (Å²) in [7, 11) is 0. The molecule has 0 unspecified atom stereocenters. The van der Waals surface area contributed by atoms with Crippen LogP contribution in [-0.4, -0.2) is 34.1 Å². The van der Waals surface area contributed by atoms with Crippen LogP contribution in [0.1, 0.15) is 36.2 Å². The first-order valence-corrected chi connectivity index (χ1v) is 8.51. The molecule has 1 aromatic carbocycles. The quantitative estimate of drug-likeness (QED) is 0.835. The van der Waals surface area contributed by atoms with Crippen molar-refractivity contribution in [1.29, 1.82) is 0 Å². The number of benzene rings is 1. The van der Waals surface area contributed by atoms with Gasteiger partial charge in [0.15, 0.2) is 5.82 Å². The zero-order chi connectivity index (χ0) is 16.7. The van der Waals surface area contributed by atoms with Gasteiger partial charge in [-0.05, 0) is 43.0 Å². The molecule has 6 nitrogen and oxygen atoms in total. The lowest BCUT2D eigenvalue weighted by Crippen LogP contribution is -2.40. The van der Waals surface area contributed by atoms with Gasteiger partial charge in [-0.15, -0.1) is 0 Å². The molecule has 1 saturated heterocycles. The SMILES string of the molecule is Cc1nc([C@H]2CCCN2C(=O)[C@H]2COc3ccc(Cl)cc3C2)no1. The number of likely N-dealkylation sites (tertiary alicyclic amines) is 1. The minimum atomic E-state index is -0.204. The summed E-state index contributed by atoms with van der Waals surface area (Å²) in [5.41, 5.74) is 0.984. The van der Waals surface area contributed by atoms with Crippen LogP contribution in [0.5, 0.6) is 5.75 Å². The Kier molecular flexibility index (Phi) is 3.92. The summed E-state index contributed by atoms with van der Waals surface area (Å²) in [5.74, 6) is 1.82. The van der Waals surface area contributed by atoms with Gasteiger partial charge in [0.05, 0.1) is 12.0 Å². The Bertz CT molecular complexity index is 776. The van der Waals surface area contributed by atoms with E-state index in [1.807, 2.05) is 17.0 Å². The van der Waals surface area contributed by atoms with Crippen LogP contribution in [0, 0.1) is 12.8 Å². The Morgan fingerprint density at radius 2 is 2.29 bits per heavy atom. The second-order valence-corrected chi connectivity index (χ2v) is 6.76. The maximum absolute atomic E-state index is 13.0. The first-order chi connectivity index (χ1) is 11.6. The van der Waals surface area contributed by atoms with E-state index in [9.17, 15) is 4.79 Å². The predicted octanol–water partition coefficient (Wildman–Crippen LogP) is 2.95. The lowest BCUT2D eigenvalue weighted by Gasteiger charge is -2.30. The average molecular weight is 348 g/mol. The van der Waals surface area contributed by atoms with E-state index < -0.39 is 0 Å². The Hall–Kier alpha value is -2.08. The summed E-state index contributed by atoms with van der Waals surface area (Å²) in [6, 6.07) is 5.44. The van der Waals surface area contributed by atoms with E-state index in [1.165, 1.54) is 0 Å². The number of aryl methyl sites for hydroxylation is 1. The summed E-state index contributed by atoms with van der Waals surface area (Å²) in [6.07, 6.45) is 2.45. The molecule has 1 fully saturated rings. The molecule has 1 aromatic heterocycles. The monoisotopic (exact) mass is 347 g/mol. The minimum absolute atomic E-state index is 0.0885. The molecule has 7 heteroatoms. The predicted molar refractivity (Wildman–Crippen MR) is 86.9 cm³/mol. The highest BCUT2D eigenvalue weighted by atomic mass is 35.5. The van der Waals surface area contributed by atoms with E-state index in [0.29, 0.717) is 29.8 Å². The van der Waals surface area contributed by atoms with Crippen LogP contribution in [0.3, 0.4) is 0 Å². The van der Waals surface area contributed by atoms with Gasteiger partial charge in [-0.2, -0.15) is 4.98 Å². The number of halogens is 1. The molecular weight excluding hydrogens is 330 g/mol. The Balaban J connectivity index is 1.53. The van der Waals surface area contributed by atoms with E-state index in [1.54, 1.807) is 13.0 Å². The van der Waals surface area contributed by atoms with E-state index in [0.717, 1.165) is 30.7 Å². The zero-order valence-electron chi connectivity index (χ0n) is 13.4. The van der Waals surface area contributed by atoms with E-state index in [-0.39, 0.29) is 17.9 Å². The molecule has 2 aliphatic heterocycles. The fourth-order valence-corrected chi connectivity index (χ4v) is 3.70. The molecule has 2 aromatic rings. The maximum Gasteiger partial charge on any atom is 0.230 e. The number of fused-ring (bicyclic) bond motifs is 1. The van der Waals surface area contributed by atoms with Crippen molar-refractivity contribution in [3.8, 4) is 5.75 Å². The van der Waals surface area contributed by atoms with E-state index >= 15 is 0 Å². The molecule has 0 saturated carbocycles.